The van der Waals surface area contributed by atoms with Crippen molar-refractivity contribution in [3.05, 3.63) is 46.5 Å². The summed E-state index contributed by atoms with van der Waals surface area (Å²) in [6.07, 6.45) is 2.87. The number of halogens is 2. The van der Waals surface area contributed by atoms with Gasteiger partial charge in [-0.05, 0) is 26.0 Å². The Bertz CT molecular complexity index is 711. The van der Waals surface area contributed by atoms with Gasteiger partial charge >= 0.3 is 5.97 Å². The van der Waals surface area contributed by atoms with Crippen LogP contribution >= 0.6 is 23.2 Å². The number of nitrogens with one attached hydrogen (secondary N) is 1. The Morgan fingerprint density at radius 1 is 1.48 bits per heavy atom. The van der Waals surface area contributed by atoms with Crippen LogP contribution in [0.3, 0.4) is 0 Å². The number of hydrogen-bond acceptors (Lipinski definition) is 6. The number of benzene rings is 1. The van der Waals surface area contributed by atoms with Crippen molar-refractivity contribution in [3.63, 3.8) is 0 Å². The third kappa shape index (κ3) is 4.92. The average molecular weight is 387 g/mol. The van der Waals surface area contributed by atoms with E-state index in [1.54, 1.807) is 32.0 Å². The van der Waals surface area contributed by atoms with E-state index in [4.69, 9.17) is 27.9 Å². The number of carbonyl (C=O) groups is 1. The second kappa shape index (κ2) is 8.62. The minimum absolute atomic E-state index is 0.0418. The second-order valence-electron chi connectivity index (χ2n) is 5.55. The summed E-state index contributed by atoms with van der Waals surface area (Å²) in [6.45, 7) is 3.82. The quantitative estimate of drug-likeness (QED) is 0.674. The molecule has 1 aromatic heterocycles. The fourth-order valence-electron chi connectivity index (χ4n) is 2.47. The summed E-state index contributed by atoms with van der Waals surface area (Å²) >= 11 is 12.3. The van der Waals surface area contributed by atoms with Gasteiger partial charge in [0.15, 0.2) is 0 Å². The maximum atomic E-state index is 11.6. The number of nitrogens with zero attached hydrogens (tertiary/aromatic N) is 3. The van der Waals surface area contributed by atoms with E-state index in [0.29, 0.717) is 22.2 Å². The molecule has 1 heterocycles. The average Bonchev–Trinajstić information content (AvgIpc) is 3.05. The van der Waals surface area contributed by atoms with Gasteiger partial charge in [0.2, 0.25) is 0 Å². The van der Waals surface area contributed by atoms with Crippen LogP contribution in [0.25, 0.3) is 0 Å². The summed E-state index contributed by atoms with van der Waals surface area (Å²) in [5.74, 6) is -0.403. The summed E-state index contributed by atoms with van der Waals surface area (Å²) in [4.78, 5) is 15.5. The second-order valence-corrected chi connectivity index (χ2v) is 6.39. The molecule has 0 fully saturated rings. The molecule has 7 nitrogen and oxygen atoms in total. The van der Waals surface area contributed by atoms with Crippen LogP contribution in [0.1, 0.15) is 19.4 Å². The summed E-state index contributed by atoms with van der Waals surface area (Å²) in [5.41, 5.74) is -0.986. The van der Waals surface area contributed by atoms with Gasteiger partial charge in [-0.1, -0.05) is 29.3 Å². The van der Waals surface area contributed by atoms with Crippen LogP contribution in [0, 0.1) is 0 Å². The highest BCUT2D eigenvalue weighted by molar-refractivity contribution is 6.35. The highest BCUT2D eigenvalue weighted by Gasteiger charge is 2.38. The van der Waals surface area contributed by atoms with Crippen LogP contribution in [-0.2, 0) is 21.7 Å². The van der Waals surface area contributed by atoms with E-state index in [0.717, 1.165) is 0 Å². The summed E-state index contributed by atoms with van der Waals surface area (Å²) < 4.78 is 6.40. The number of esters is 1. The van der Waals surface area contributed by atoms with E-state index in [9.17, 15) is 9.90 Å². The lowest BCUT2D eigenvalue weighted by atomic mass is 9.86. The molecule has 0 spiro atoms. The van der Waals surface area contributed by atoms with Gasteiger partial charge in [0.25, 0.3) is 0 Å². The standard InChI is InChI=1S/C16H20Cl2N4O3/c1-3-25-15(23)7-20-11(2)16(24,8-22-10-19-9-21-22)13-5-4-12(17)6-14(13)18/h4-6,9-11,20,24H,3,7-8H2,1-2H3/t11-,16-/m1/s1. The molecule has 0 unspecified atom stereocenters. The molecule has 1 aromatic carbocycles. The number of carbonyl (C=O) groups excluding carboxylic acids is 1. The zero-order chi connectivity index (χ0) is 18.4. The molecular weight excluding hydrogens is 367 g/mol. The number of ether oxygens (including phenoxy) is 1. The van der Waals surface area contributed by atoms with Crippen LogP contribution < -0.4 is 5.32 Å². The van der Waals surface area contributed by atoms with Crippen molar-refractivity contribution in [2.24, 2.45) is 0 Å². The van der Waals surface area contributed by atoms with Crippen molar-refractivity contribution >= 4 is 29.2 Å². The fourth-order valence-corrected chi connectivity index (χ4v) is 3.05. The number of rotatable bonds is 8. The molecule has 2 N–H and O–H groups in total. The van der Waals surface area contributed by atoms with E-state index < -0.39 is 17.6 Å². The summed E-state index contributed by atoms with van der Waals surface area (Å²) in [7, 11) is 0. The van der Waals surface area contributed by atoms with Crippen molar-refractivity contribution in [3.8, 4) is 0 Å². The van der Waals surface area contributed by atoms with Crippen LogP contribution in [0.5, 0.6) is 0 Å². The molecule has 136 valence electrons. The predicted molar refractivity (Wildman–Crippen MR) is 94.5 cm³/mol. The minimum atomic E-state index is -1.46. The normalized spacial score (nSPS) is 14.8. The van der Waals surface area contributed by atoms with Crippen LogP contribution in [-0.4, -0.2) is 45.0 Å². The van der Waals surface area contributed by atoms with E-state index in [-0.39, 0.29) is 13.1 Å². The van der Waals surface area contributed by atoms with Gasteiger partial charge in [0.1, 0.15) is 18.3 Å². The molecule has 0 radical (unpaired) electrons. The zero-order valence-electron chi connectivity index (χ0n) is 13.9. The monoisotopic (exact) mass is 386 g/mol. The molecule has 0 aliphatic rings. The van der Waals surface area contributed by atoms with Gasteiger partial charge in [0, 0.05) is 21.7 Å². The molecule has 2 rings (SSSR count). The van der Waals surface area contributed by atoms with Crippen molar-refractivity contribution in [2.45, 2.75) is 32.0 Å². The van der Waals surface area contributed by atoms with Crippen molar-refractivity contribution in [1.29, 1.82) is 0 Å². The maximum absolute atomic E-state index is 11.6. The molecule has 2 atom stereocenters. The Kier molecular flexibility index (Phi) is 6.78. The van der Waals surface area contributed by atoms with Gasteiger partial charge in [-0.15, -0.1) is 0 Å². The summed E-state index contributed by atoms with van der Waals surface area (Å²) in [5, 5.41) is 19.2. The molecule has 0 bridgehead atoms. The SMILES string of the molecule is CCOC(=O)CN[C@H](C)[C@](O)(Cn1cncn1)c1ccc(Cl)cc1Cl. The van der Waals surface area contributed by atoms with Crippen molar-refractivity contribution in [1.82, 2.24) is 20.1 Å². The van der Waals surface area contributed by atoms with E-state index in [1.807, 2.05) is 0 Å². The van der Waals surface area contributed by atoms with Gasteiger partial charge < -0.3 is 15.2 Å². The van der Waals surface area contributed by atoms with Crippen molar-refractivity contribution in [2.75, 3.05) is 13.2 Å². The molecule has 0 aliphatic carbocycles. The molecule has 2 aromatic rings. The lowest BCUT2D eigenvalue weighted by Crippen LogP contribution is -2.51. The lowest BCUT2D eigenvalue weighted by Gasteiger charge is -2.35. The molecule has 0 saturated carbocycles. The molecule has 25 heavy (non-hydrogen) atoms. The first-order valence-electron chi connectivity index (χ1n) is 7.76. The van der Waals surface area contributed by atoms with Gasteiger partial charge in [0.05, 0.1) is 19.7 Å². The Morgan fingerprint density at radius 2 is 2.24 bits per heavy atom. The highest BCUT2D eigenvalue weighted by atomic mass is 35.5. The highest BCUT2D eigenvalue weighted by Crippen LogP contribution is 2.34. The van der Waals surface area contributed by atoms with Gasteiger partial charge in [-0.3, -0.25) is 4.79 Å². The van der Waals surface area contributed by atoms with Crippen molar-refractivity contribution < 1.29 is 14.6 Å². The fraction of sp³-hybridized carbons (Fsp3) is 0.438. The first-order valence-corrected chi connectivity index (χ1v) is 8.51. The Hall–Kier alpha value is -1.67. The largest absolute Gasteiger partial charge is 0.465 e. The van der Waals surface area contributed by atoms with Gasteiger partial charge in [-0.25, -0.2) is 9.67 Å². The third-order valence-corrected chi connectivity index (χ3v) is 4.39. The predicted octanol–water partition coefficient (Wildman–Crippen LogP) is 2.01. The number of aromatic nitrogens is 3. The first-order chi connectivity index (χ1) is 11.9. The third-order valence-electron chi connectivity index (χ3n) is 3.84. The molecule has 0 amide bonds. The number of aliphatic hydroxyl groups is 1. The number of hydrogen-bond donors (Lipinski definition) is 2. The molecule has 0 aliphatic heterocycles. The summed E-state index contributed by atoms with van der Waals surface area (Å²) in [6, 6.07) is 4.32. The van der Waals surface area contributed by atoms with Crippen LogP contribution in [0.15, 0.2) is 30.9 Å². The molecule has 9 heteroatoms. The molecular formula is C16H20Cl2N4O3. The zero-order valence-corrected chi connectivity index (χ0v) is 15.5. The van der Waals surface area contributed by atoms with Crippen LogP contribution in [0.2, 0.25) is 10.0 Å². The minimum Gasteiger partial charge on any atom is -0.465 e. The Balaban J connectivity index is 2.29. The maximum Gasteiger partial charge on any atom is 0.319 e. The van der Waals surface area contributed by atoms with Crippen LogP contribution in [0.4, 0.5) is 0 Å². The Morgan fingerprint density at radius 3 is 2.84 bits per heavy atom. The molecule has 0 saturated heterocycles. The van der Waals surface area contributed by atoms with E-state index in [2.05, 4.69) is 15.4 Å². The Labute approximate surface area is 155 Å². The van der Waals surface area contributed by atoms with Gasteiger partial charge in [-0.2, -0.15) is 5.10 Å². The van der Waals surface area contributed by atoms with E-state index >= 15 is 0 Å². The topological polar surface area (TPSA) is 89.3 Å². The first kappa shape index (κ1) is 19.7. The lowest BCUT2D eigenvalue weighted by molar-refractivity contribution is -0.142. The smallest absolute Gasteiger partial charge is 0.319 e. The van der Waals surface area contributed by atoms with E-state index in [1.165, 1.54) is 17.3 Å².